The van der Waals surface area contributed by atoms with Gasteiger partial charge in [-0.1, -0.05) is 0 Å². The normalized spacial score (nSPS) is 10.6. The van der Waals surface area contributed by atoms with Gasteiger partial charge in [-0.3, -0.25) is 0 Å². The minimum absolute atomic E-state index is 0.398. The summed E-state index contributed by atoms with van der Waals surface area (Å²) in [5.41, 5.74) is 0. The number of hydrogen-bond acceptors (Lipinski definition) is 3. The third-order valence-electron chi connectivity index (χ3n) is 0.624. The van der Waals surface area contributed by atoms with Crippen LogP contribution in [0.4, 0.5) is 8.78 Å². The summed E-state index contributed by atoms with van der Waals surface area (Å²) in [6.07, 6.45) is 0. The van der Waals surface area contributed by atoms with Crippen LogP contribution in [0.1, 0.15) is 0 Å². The highest BCUT2D eigenvalue weighted by atomic mass is 32.2. The molecule has 0 aromatic carbocycles. The third kappa shape index (κ3) is 2.28. The molecule has 0 bridgehead atoms. The third-order valence-corrected chi connectivity index (χ3v) is 1.95. The molecule has 50 valence electrons. The Morgan fingerprint density at radius 1 is 1.67 bits per heavy atom. The number of nitrogens with zero attached hydrogens (tertiary/aromatic N) is 1. The van der Waals surface area contributed by atoms with Gasteiger partial charge in [0.25, 0.3) is 5.76 Å². The van der Waals surface area contributed by atoms with Crippen molar-refractivity contribution in [3.63, 3.8) is 0 Å². The Balaban J connectivity index is 2.48. The minimum Gasteiger partial charge on any atom is -0.198 e. The van der Waals surface area contributed by atoms with Crippen molar-refractivity contribution < 1.29 is 8.78 Å². The summed E-state index contributed by atoms with van der Waals surface area (Å²) >= 11 is 1.65. The molecule has 0 atom stereocenters. The maximum Gasteiger partial charge on any atom is 0.290 e. The van der Waals surface area contributed by atoms with Crippen molar-refractivity contribution in [1.82, 2.24) is 4.37 Å². The van der Waals surface area contributed by atoms with Gasteiger partial charge in [-0.25, -0.2) is 0 Å². The zero-order valence-electron chi connectivity index (χ0n) is 4.25. The Labute approximate surface area is 59.3 Å². The van der Waals surface area contributed by atoms with E-state index in [1.165, 1.54) is 11.5 Å². The van der Waals surface area contributed by atoms with Gasteiger partial charge in [-0.05, 0) is 29.4 Å². The maximum atomic E-state index is 11.5. The average Bonchev–Trinajstić information content (AvgIpc) is 2.15. The fourth-order valence-corrected chi connectivity index (χ4v) is 1.49. The molecule has 0 N–H and O–H groups in total. The molecule has 0 spiro atoms. The maximum absolute atomic E-state index is 11.5. The van der Waals surface area contributed by atoms with E-state index in [1.54, 1.807) is 11.4 Å². The molecule has 1 nitrogen and oxygen atoms in total. The summed E-state index contributed by atoms with van der Waals surface area (Å²) in [5, 5.41) is 2.07. The summed E-state index contributed by atoms with van der Waals surface area (Å²) < 4.78 is 26.7. The van der Waals surface area contributed by atoms with Crippen molar-refractivity contribution in [1.29, 1.82) is 0 Å². The summed E-state index contributed by atoms with van der Waals surface area (Å²) in [6, 6.07) is 1.57. The lowest BCUT2D eigenvalue weighted by Crippen LogP contribution is -1.78. The smallest absolute Gasteiger partial charge is 0.198 e. The second-order valence-corrected chi connectivity index (χ2v) is 2.89. The Morgan fingerprint density at radius 3 is 2.89 bits per heavy atom. The van der Waals surface area contributed by atoms with Gasteiger partial charge in [-0.15, -0.1) is 0 Å². The van der Waals surface area contributed by atoms with Crippen molar-refractivity contribution in [3.8, 4) is 0 Å². The molecular formula is C4H3F2NS2. The van der Waals surface area contributed by atoms with Crippen molar-refractivity contribution in [2.24, 2.45) is 0 Å². The number of rotatable bonds is 2. The molecule has 9 heavy (non-hydrogen) atoms. The standard InChI is InChI=1S/C4H3F2NS2/c5-4(6)9-3-1-2-8-7-3/h1-2,4H. The molecule has 0 saturated carbocycles. The largest absolute Gasteiger partial charge is 0.290 e. The number of alkyl halides is 2. The summed E-state index contributed by atoms with van der Waals surface area (Å²) in [6.45, 7) is 0. The van der Waals surface area contributed by atoms with E-state index in [9.17, 15) is 8.78 Å². The second-order valence-electron chi connectivity index (χ2n) is 1.22. The van der Waals surface area contributed by atoms with Crippen LogP contribution in [0.2, 0.25) is 0 Å². The topological polar surface area (TPSA) is 12.9 Å². The predicted molar refractivity (Wildman–Crippen MR) is 34.0 cm³/mol. The Kier molecular flexibility index (Phi) is 2.41. The lowest BCUT2D eigenvalue weighted by atomic mass is 10.8. The zero-order chi connectivity index (χ0) is 6.69. The molecule has 0 unspecified atom stereocenters. The van der Waals surface area contributed by atoms with Gasteiger partial charge in [-0.2, -0.15) is 13.2 Å². The van der Waals surface area contributed by atoms with Crippen LogP contribution in [-0.2, 0) is 0 Å². The van der Waals surface area contributed by atoms with E-state index >= 15 is 0 Å². The first-order chi connectivity index (χ1) is 4.29. The van der Waals surface area contributed by atoms with Crippen LogP contribution in [0.15, 0.2) is 16.5 Å². The monoisotopic (exact) mass is 167 g/mol. The highest BCUT2D eigenvalue weighted by Crippen LogP contribution is 2.23. The molecule has 0 aliphatic heterocycles. The van der Waals surface area contributed by atoms with Crippen molar-refractivity contribution >= 4 is 23.3 Å². The van der Waals surface area contributed by atoms with E-state index < -0.39 is 5.76 Å². The van der Waals surface area contributed by atoms with Crippen LogP contribution in [0, 0.1) is 0 Å². The van der Waals surface area contributed by atoms with Gasteiger partial charge in [0, 0.05) is 5.38 Å². The predicted octanol–water partition coefficient (Wildman–Crippen LogP) is 2.46. The van der Waals surface area contributed by atoms with Gasteiger partial charge in [0.05, 0.1) is 0 Å². The molecule has 0 aliphatic carbocycles. The van der Waals surface area contributed by atoms with Gasteiger partial charge in [0.1, 0.15) is 5.03 Å². The lowest BCUT2D eigenvalue weighted by Gasteiger charge is -1.90. The highest BCUT2D eigenvalue weighted by molar-refractivity contribution is 7.99. The van der Waals surface area contributed by atoms with Gasteiger partial charge in [0.2, 0.25) is 0 Å². The Bertz CT molecular complexity index is 163. The fourth-order valence-electron chi connectivity index (χ4n) is 0.354. The second kappa shape index (κ2) is 3.12. The SMILES string of the molecule is FC(F)Sc1ccsn1. The first-order valence-corrected chi connectivity index (χ1v) is 3.86. The van der Waals surface area contributed by atoms with Crippen LogP contribution in [0.25, 0.3) is 0 Å². The first kappa shape index (κ1) is 6.95. The fraction of sp³-hybridized carbons (Fsp3) is 0.250. The van der Waals surface area contributed by atoms with Crippen molar-refractivity contribution in [2.45, 2.75) is 10.8 Å². The van der Waals surface area contributed by atoms with Crippen LogP contribution in [0.3, 0.4) is 0 Å². The van der Waals surface area contributed by atoms with Gasteiger partial charge >= 0.3 is 0 Å². The van der Waals surface area contributed by atoms with E-state index in [0.29, 0.717) is 16.8 Å². The van der Waals surface area contributed by atoms with E-state index in [0.717, 1.165) is 0 Å². The molecular weight excluding hydrogens is 164 g/mol. The summed E-state index contributed by atoms with van der Waals surface area (Å²) in [4.78, 5) is 0. The van der Waals surface area contributed by atoms with E-state index in [4.69, 9.17) is 0 Å². The zero-order valence-corrected chi connectivity index (χ0v) is 5.88. The number of aromatic nitrogens is 1. The van der Waals surface area contributed by atoms with Crippen LogP contribution >= 0.6 is 23.3 Å². The number of hydrogen-bond donors (Lipinski definition) is 0. The van der Waals surface area contributed by atoms with Crippen LogP contribution in [-0.4, -0.2) is 10.1 Å². The highest BCUT2D eigenvalue weighted by Gasteiger charge is 2.05. The van der Waals surface area contributed by atoms with Crippen LogP contribution < -0.4 is 0 Å². The molecule has 1 aromatic rings. The Morgan fingerprint density at radius 2 is 2.44 bits per heavy atom. The average molecular weight is 167 g/mol. The van der Waals surface area contributed by atoms with Crippen molar-refractivity contribution in [3.05, 3.63) is 11.4 Å². The molecule has 0 fully saturated rings. The Hall–Kier alpha value is -0.160. The number of thioether (sulfide) groups is 1. The van der Waals surface area contributed by atoms with E-state index in [2.05, 4.69) is 4.37 Å². The van der Waals surface area contributed by atoms with E-state index in [1.807, 2.05) is 0 Å². The van der Waals surface area contributed by atoms with Crippen molar-refractivity contribution in [2.75, 3.05) is 0 Å². The lowest BCUT2D eigenvalue weighted by molar-refractivity contribution is 0.252. The van der Waals surface area contributed by atoms with E-state index in [-0.39, 0.29) is 0 Å². The molecule has 0 saturated heterocycles. The molecule has 0 amide bonds. The molecule has 0 radical (unpaired) electrons. The summed E-state index contributed by atoms with van der Waals surface area (Å²) in [7, 11) is 0. The molecule has 5 heteroatoms. The minimum atomic E-state index is -2.35. The molecule has 1 heterocycles. The summed E-state index contributed by atoms with van der Waals surface area (Å²) in [5.74, 6) is -2.35. The number of halogens is 2. The van der Waals surface area contributed by atoms with Crippen LogP contribution in [0.5, 0.6) is 0 Å². The molecule has 0 aliphatic rings. The first-order valence-electron chi connectivity index (χ1n) is 2.14. The molecule has 1 rings (SSSR count). The van der Waals surface area contributed by atoms with Gasteiger partial charge < -0.3 is 0 Å². The molecule has 1 aromatic heterocycles. The van der Waals surface area contributed by atoms with Gasteiger partial charge in [0.15, 0.2) is 0 Å². The quantitative estimate of drug-likeness (QED) is 0.627.